The zero-order valence-electron chi connectivity index (χ0n) is 19.6. The maximum absolute atomic E-state index is 14.2. The van der Waals surface area contributed by atoms with Crippen LogP contribution in [0, 0.1) is 18.8 Å². The molecule has 7 nitrogen and oxygen atoms in total. The standard InChI is InChI=1S/C26H29ClN2O5S/c1-16-8-6-9-17(27)21(16)28-12-7-11-26-20(23(31)29(13-14-30)22(26)24(28)32)19-18(35-26)10-4-2-3-5-15-34-25(19)33/h4,6-11,18-20,22,30H,2-3,5,12-15H2,1H3/b10-4-/t18-,19+,20+,22?,26+/m1/s1. The minimum absolute atomic E-state index is 0.0134. The van der Waals surface area contributed by atoms with E-state index in [9.17, 15) is 19.5 Å². The van der Waals surface area contributed by atoms with Crippen molar-refractivity contribution in [3.63, 3.8) is 0 Å². The number of aliphatic hydroxyl groups excluding tert-OH is 1. The molecular formula is C26H29ClN2O5S. The normalized spacial score (nSPS) is 33.6. The van der Waals surface area contributed by atoms with Gasteiger partial charge in [-0.25, -0.2) is 0 Å². The molecule has 0 saturated carbocycles. The average molecular weight is 517 g/mol. The molecular weight excluding hydrogens is 488 g/mol. The summed E-state index contributed by atoms with van der Waals surface area (Å²) >= 11 is 8.03. The molecule has 0 aromatic heterocycles. The molecule has 5 rings (SSSR count). The van der Waals surface area contributed by atoms with Gasteiger partial charge in [0.1, 0.15) is 6.04 Å². The second-order valence-corrected chi connectivity index (χ2v) is 11.3. The van der Waals surface area contributed by atoms with E-state index in [2.05, 4.69) is 6.08 Å². The molecule has 1 unspecified atom stereocenters. The summed E-state index contributed by atoms with van der Waals surface area (Å²) in [5.74, 6) is -2.39. The topological polar surface area (TPSA) is 87.2 Å². The van der Waals surface area contributed by atoms with Crippen molar-refractivity contribution >= 4 is 46.8 Å². The van der Waals surface area contributed by atoms with Gasteiger partial charge < -0.3 is 19.6 Å². The van der Waals surface area contributed by atoms with Crippen molar-refractivity contribution in [1.82, 2.24) is 4.90 Å². The minimum atomic E-state index is -0.944. The highest BCUT2D eigenvalue weighted by Gasteiger charge is 2.71. The monoisotopic (exact) mass is 516 g/mol. The third-order valence-corrected chi connectivity index (χ3v) is 9.45. The Hall–Kier alpha value is -2.29. The Labute approximate surface area is 214 Å². The van der Waals surface area contributed by atoms with Crippen molar-refractivity contribution in [3.05, 3.63) is 53.1 Å². The van der Waals surface area contributed by atoms with Gasteiger partial charge in [0.05, 0.1) is 40.5 Å². The van der Waals surface area contributed by atoms with E-state index in [4.69, 9.17) is 16.3 Å². The number of benzene rings is 1. The first-order valence-corrected chi connectivity index (χ1v) is 13.3. The summed E-state index contributed by atoms with van der Waals surface area (Å²) in [6.45, 7) is 2.25. The van der Waals surface area contributed by atoms with E-state index < -0.39 is 28.6 Å². The van der Waals surface area contributed by atoms with Crippen LogP contribution in [-0.4, -0.2) is 70.1 Å². The van der Waals surface area contributed by atoms with Gasteiger partial charge in [-0.15, -0.1) is 11.8 Å². The Bertz CT molecular complexity index is 1090. The van der Waals surface area contributed by atoms with Crippen molar-refractivity contribution < 1.29 is 24.2 Å². The molecule has 2 amide bonds. The lowest BCUT2D eigenvalue weighted by Gasteiger charge is -2.35. The number of thioether (sulfide) groups is 1. The van der Waals surface area contributed by atoms with E-state index in [1.165, 1.54) is 16.7 Å². The van der Waals surface area contributed by atoms with E-state index >= 15 is 0 Å². The summed E-state index contributed by atoms with van der Waals surface area (Å²) in [6, 6.07) is 4.60. The van der Waals surface area contributed by atoms with Gasteiger partial charge in [-0.3, -0.25) is 14.4 Å². The summed E-state index contributed by atoms with van der Waals surface area (Å²) in [4.78, 5) is 44.4. The minimum Gasteiger partial charge on any atom is -0.465 e. The van der Waals surface area contributed by atoms with Gasteiger partial charge in [0.15, 0.2) is 0 Å². The number of hydrogen-bond donors (Lipinski definition) is 1. The number of allylic oxidation sites excluding steroid dienone is 1. The number of anilines is 1. The number of rotatable bonds is 3. The molecule has 4 aliphatic rings. The van der Waals surface area contributed by atoms with Crippen LogP contribution in [-0.2, 0) is 19.1 Å². The number of aryl methyl sites for hydroxylation is 1. The summed E-state index contributed by atoms with van der Waals surface area (Å²) in [7, 11) is 0. The van der Waals surface area contributed by atoms with Crippen LogP contribution in [0.5, 0.6) is 0 Å². The zero-order chi connectivity index (χ0) is 24.7. The van der Waals surface area contributed by atoms with Gasteiger partial charge in [0, 0.05) is 18.3 Å². The van der Waals surface area contributed by atoms with Gasteiger partial charge in [-0.05, 0) is 37.8 Å². The van der Waals surface area contributed by atoms with Crippen LogP contribution in [0.2, 0.25) is 5.02 Å². The molecule has 9 heteroatoms. The number of halogens is 1. The molecule has 0 aliphatic carbocycles. The van der Waals surface area contributed by atoms with Crippen molar-refractivity contribution in [3.8, 4) is 0 Å². The second kappa shape index (κ2) is 9.64. The van der Waals surface area contributed by atoms with Gasteiger partial charge in [0.25, 0.3) is 5.91 Å². The lowest BCUT2D eigenvalue weighted by Crippen LogP contribution is -2.54. The Kier molecular flexibility index (Phi) is 6.72. The van der Waals surface area contributed by atoms with Gasteiger partial charge in [-0.2, -0.15) is 0 Å². The first kappa shape index (κ1) is 24.4. The number of aliphatic hydroxyl groups is 1. The third-order valence-electron chi connectivity index (χ3n) is 7.40. The van der Waals surface area contributed by atoms with Crippen LogP contribution < -0.4 is 4.90 Å². The predicted octanol–water partition coefficient (Wildman–Crippen LogP) is 3.12. The molecule has 5 atom stereocenters. The quantitative estimate of drug-likeness (QED) is 0.490. The second-order valence-electron chi connectivity index (χ2n) is 9.45. The van der Waals surface area contributed by atoms with E-state index in [0.717, 1.165) is 24.8 Å². The van der Waals surface area contributed by atoms with E-state index in [1.807, 2.05) is 37.3 Å². The number of carbonyl (C=O) groups is 3. The fraction of sp³-hybridized carbons (Fsp3) is 0.500. The molecule has 1 aromatic rings. The van der Waals surface area contributed by atoms with Crippen molar-refractivity contribution in [2.45, 2.75) is 42.2 Å². The molecule has 0 radical (unpaired) electrons. The highest BCUT2D eigenvalue weighted by molar-refractivity contribution is 8.02. The molecule has 0 bridgehead atoms. The van der Waals surface area contributed by atoms with Crippen molar-refractivity contribution in [1.29, 1.82) is 0 Å². The number of likely N-dealkylation sites (tertiary alicyclic amines) is 1. The number of esters is 1. The largest absolute Gasteiger partial charge is 0.465 e. The number of cyclic esters (lactones) is 1. The Morgan fingerprint density at radius 1 is 1.20 bits per heavy atom. The number of fused-ring (bicyclic) bond motifs is 2. The number of β-amino-alcohol motifs (C(OH)–C–C–N with tert-alkyl or cyclic N) is 1. The first-order chi connectivity index (χ1) is 16.9. The summed E-state index contributed by atoms with van der Waals surface area (Å²) in [6.07, 6.45) is 10.5. The number of amides is 2. The highest BCUT2D eigenvalue weighted by atomic mass is 35.5. The van der Waals surface area contributed by atoms with E-state index in [-0.39, 0.29) is 30.2 Å². The van der Waals surface area contributed by atoms with E-state index in [0.29, 0.717) is 23.9 Å². The molecule has 4 aliphatic heterocycles. The highest BCUT2D eigenvalue weighted by Crippen LogP contribution is 2.60. The summed E-state index contributed by atoms with van der Waals surface area (Å²) in [5, 5.41) is 9.97. The lowest BCUT2D eigenvalue weighted by atomic mass is 9.78. The maximum atomic E-state index is 14.2. The fourth-order valence-electron chi connectivity index (χ4n) is 5.93. The molecule has 35 heavy (non-hydrogen) atoms. The van der Waals surface area contributed by atoms with Crippen LogP contribution in [0.25, 0.3) is 0 Å². The smallest absolute Gasteiger partial charge is 0.311 e. The fourth-order valence-corrected chi connectivity index (χ4v) is 8.26. The van der Waals surface area contributed by atoms with Crippen LogP contribution in [0.15, 0.2) is 42.5 Å². The molecule has 1 spiro atoms. The molecule has 1 N–H and O–H groups in total. The number of nitrogens with zero attached hydrogens (tertiary/aromatic N) is 2. The number of ether oxygens (including phenoxy) is 1. The third kappa shape index (κ3) is 3.90. The van der Waals surface area contributed by atoms with Crippen molar-refractivity contribution in [2.75, 3.05) is 31.2 Å². The van der Waals surface area contributed by atoms with Crippen LogP contribution in [0.4, 0.5) is 5.69 Å². The number of hydrogen-bond acceptors (Lipinski definition) is 6. The predicted molar refractivity (Wildman–Crippen MR) is 135 cm³/mol. The summed E-state index contributed by atoms with van der Waals surface area (Å²) in [5.41, 5.74) is 1.46. The van der Waals surface area contributed by atoms with Crippen LogP contribution in [0.1, 0.15) is 24.8 Å². The number of para-hydroxylation sites is 1. The molecule has 186 valence electrons. The van der Waals surface area contributed by atoms with Gasteiger partial charge in [-0.1, -0.05) is 48.0 Å². The van der Waals surface area contributed by atoms with Gasteiger partial charge in [0.2, 0.25) is 5.91 Å². The lowest BCUT2D eigenvalue weighted by molar-refractivity contribution is -0.153. The molecule has 2 fully saturated rings. The molecule has 2 saturated heterocycles. The SMILES string of the molecule is Cc1cccc(Cl)c1N1CC=C[C@]23S[C@@H]4/C=C\CCCCOC(=O)[C@@H]4[C@H]2C(=O)N(CCO)C3C1=O. The Morgan fingerprint density at radius 3 is 2.80 bits per heavy atom. The van der Waals surface area contributed by atoms with E-state index in [1.54, 1.807) is 11.0 Å². The first-order valence-electron chi connectivity index (χ1n) is 12.1. The van der Waals surface area contributed by atoms with Crippen LogP contribution in [0.3, 0.4) is 0 Å². The average Bonchev–Trinajstić information content (AvgIpc) is 3.20. The molecule has 4 heterocycles. The molecule has 1 aromatic carbocycles. The Morgan fingerprint density at radius 2 is 2.03 bits per heavy atom. The zero-order valence-corrected chi connectivity index (χ0v) is 21.1. The Balaban J connectivity index is 1.62. The maximum Gasteiger partial charge on any atom is 0.311 e. The van der Waals surface area contributed by atoms with Crippen molar-refractivity contribution in [2.24, 2.45) is 11.8 Å². The van der Waals surface area contributed by atoms with Gasteiger partial charge >= 0.3 is 5.97 Å². The van der Waals surface area contributed by atoms with Crippen LogP contribution >= 0.6 is 23.4 Å². The number of carbonyl (C=O) groups excluding carboxylic acids is 3. The summed E-state index contributed by atoms with van der Waals surface area (Å²) < 4.78 is 4.65.